The van der Waals surface area contributed by atoms with Crippen LogP contribution in [0.5, 0.6) is 0 Å². The summed E-state index contributed by atoms with van der Waals surface area (Å²) in [6.45, 7) is 4.27. The molecule has 0 radical (unpaired) electrons. The van der Waals surface area contributed by atoms with Gasteiger partial charge in [-0.2, -0.15) is 4.98 Å². The molecule has 2 fully saturated rings. The van der Waals surface area contributed by atoms with Crippen LogP contribution in [-0.4, -0.2) is 49.7 Å². The summed E-state index contributed by atoms with van der Waals surface area (Å²) in [5, 5.41) is 4.13. The molecule has 2 atom stereocenters. The maximum atomic E-state index is 6.09. The van der Waals surface area contributed by atoms with E-state index < -0.39 is 11.0 Å². The molecule has 2 saturated heterocycles. The lowest BCUT2D eigenvalue weighted by molar-refractivity contribution is -0.101. The van der Waals surface area contributed by atoms with Crippen molar-refractivity contribution in [2.75, 3.05) is 33.5 Å². The van der Waals surface area contributed by atoms with Crippen molar-refractivity contribution < 1.29 is 18.7 Å². The van der Waals surface area contributed by atoms with Crippen molar-refractivity contribution in [1.29, 1.82) is 0 Å². The number of aromatic nitrogens is 2. The Morgan fingerprint density at radius 3 is 2.65 bits per heavy atom. The summed E-state index contributed by atoms with van der Waals surface area (Å²) in [7, 11) is 1.67. The molecule has 0 aromatic carbocycles. The first kappa shape index (κ1) is 13.9. The van der Waals surface area contributed by atoms with E-state index in [9.17, 15) is 0 Å². The Morgan fingerprint density at radius 2 is 2.05 bits per heavy atom. The largest absolute Gasteiger partial charge is 0.381 e. The third-order valence-corrected chi connectivity index (χ3v) is 4.53. The highest BCUT2D eigenvalue weighted by Gasteiger charge is 2.46. The van der Waals surface area contributed by atoms with Crippen molar-refractivity contribution in [3.05, 3.63) is 11.7 Å². The SMILES string of the molecule is COC1(c2noc(C3(C)COCC3N)n2)CCOCC1. The molecule has 7 heteroatoms. The molecule has 2 aliphatic rings. The van der Waals surface area contributed by atoms with Crippen molar-refractivity contribution in [2.45, 2.75) is 36.8 Å². The summed E-state index contributed by atoms with van der Waals surface area (Å²) in [6.07, 6.45) is 1.45. The Morgan fingerprint density at radius 1 is 1.30 bits per heavy atom. The molecule has 112 valence electrons. The van der Waals surface area contributed by atoms with E-state index in [1.165, 1.54) is 0 Å². The van der Waals surface area contributed by atoms with E-state index in [0.29, 0.717) is 38.1 Å². The highest BCUT2D eigenvalue weighted by Crippen LogP contribution is 2.36. The van der Waals surface area contributed by atoms with Gasteiger partial charge in [0.25, 0.3) is 0 Å². The topological polar surface area (TPSA) is 92.6 Å². The molecule has 1 aromatic rings. The van der Waals surface area contributed by atoms with Crippen molar-refractivity contribution in [1.82, 2.24) is 10.1 Å². The molecule has 1 aromatic heterocycles. The fourth-order valence-corrected chi connectivity index (χ4v) is 2.77. The molecular weight excluding hydrogens is 262 g/mol. The first-order chi connectivity index (χ1) is 9.61. The maximum Gasteiger partial charge on any atom is 0.236 e. The highest BCUT2D eigenvalue weighted by atomic mass is 16.5. The second kappa shape index (κ2) is 5.07. The number of nitrogens with two attached hydrogens (primary N) is 1. The van der Waals surface area contributed by atoms with Gasteiger partial charge in [0.05, 0.1) is 18.6 Å². The number of hydrogen-bond donors (Lipinski definition) is 1. The monoisotopic (exact) mass is 283 g/mol. The Balaban J connectivity index is 1.89. The van der Waals surface area contributed by atoms with Crippen LogP contribution in [0, 0.1) is 0 Å². The normalized spacial score (nSPS) is 33.5. The van der Waals surface area contributed by atoms with E-state index in [4.69, 9.17) is 24.5 Å². The summed E-state index contributed by atoms with van der Waals surface area (Å²) >= 11 is 0. The zero-order valence-corrected chi connectivity index (χ0v) is 11.9. The van der Waals surface area contributed by atoms with Crippen molar-refractivity contribution in [3.63, 3.8) is 0 Å². The van der Waals surface area contributed by atoms with Gasteiger partial charge >= 0.3 is 0 Å². The number of rotatable bonds is 3. The van der Waals surface area contributed by atoms with E-state index in [-0.39, 0.29) is 6.04 Å². The second-order valence-corrected chi connectivity index (χ2v) is 5.77. The minimum atomic E-state index is -0.514. The number of nitrogens with zero attached hydrogens (tertiary/aromatic N) is 2. The van der Waals surface area contributed by atoms with Gasteiger partial charge in [-0.3, -0.25) is 0 Å². The van der Waals surface area contributed by atoms with Crippen LogP contribution in [0.2, 0.25) is 0 Å². The maximum absolute atomic E-state index is 6.09. The first-order valence-electron chi connectivity index (χ1n) is 6.92. The molecule has 0 saturated carbocycles. The molecule has 2 unspecified atom stereocenters. The summed E-state index contributed by atoms with van der Waals surface area (Å²) in [5.41, 5.74) is 5.16. The predicted molar refractivity (Wildman–Crippen MR) is 69.2 cm³/mol. The lowest BCUT2D eigenvalue weighted by atomic mass is 9.85. The van der Waals surface area contributed by atoms with E-state index in [2.05, 4.69) is 10.1 Å². The van der Waals surface area contributed by atoms with Gasteiger partial charge in [-0.1, -0.05) is 5.16 Å². The van der Waals surface area contributed by atoms with Gasteiger partial charge in [-0.25, -0.2) is 0 Å². The standard InChI is InChI=1S/C13H21N3O4/c1-12(8-19-7-9(12)14)11-15-10(16-20-11)13(17-2)3-5-18-6-4-13/h9H,3-8,14H2,1-2H3. The highest BCUT2D eigenvalue weighted by molar-refractivity contribution is 5.14. The van der Waals surface area contributed by atoms with Gasteiger partial charge in [0, 0.05) is 39.2 Å². The lowest BCUT2D eigenvalue weighted by Gasteiger charge is -2.32. The average Bonchev–Trinajstić information content (AvgIpc) is 3.09. The van der Waals surface area contributed by atoms with Gasteiger partial charge < -0.3 is 24.5 Å². The smallest absolute Gasteiger partial charge is 0.236 e. The first-order valence-corrected chi connectivity index (χ1v) is 6.92. The van der Waals surface area contributed by atoms with Crippen molar-refractivity contribution in [2.24, 2.45) is 5.73 Å². The Kier molecular flexibility index (Phi) is 3.53. The van der Waals surface area contributed by atoms with Crippen LogP contribution in [0.1, 0.15) is 31.5 Å². The summed E-state index contributed by atoms with van der Waals surface area (Å²) in [4.78, 5) is 4.56. The van der Waals surface area contributed by atoms with E-state index >= 15 is 0 Å². The second-order valence-electron chi connectivity index (χ2n) is 5.77. The van der Waals surface area contributed by atoms with E-state index in [0.717, 1.165) is 12.8 Å². The molecule has 0 bridgehead atoms. The van der Waals surface area contributed by atoms with Gasteiger partial charge in [0.15, 0.2) is 0 Å². The van der Waals surface area contributed by atoms with Crippen LogP contribution in [0.15, 0.2) is 4.52 Å². The number of hydrogen-bond acceptors (Lipinski definition) is 7. The van der Waals surface area contributed by atoms with Gasteiger partial charge in [-0.15, -0.1) is 0 Å². The van der Waals surface area contributed by atoms with Crippen molar-refractivity contribution >= 4 is 0 Å². The van der Waals surface area contributed by atoms with Gasteiger partial charge in [0.2, 0.25) is 11.7 Å². The third kappa shape index (κ3) is 2.05. The minimum Gasteiger partial charge on any atom is -0.381 e. The molecule has 3 rings (SSSR count). The van der Waals surface area contributed by atoms with Gasteiger partial charge in [0.1, 0.15) is 5.60 Å². The zero-order chi connectivity index (χ0) is 14.2. The van der Waals surface area contributed by atoms with E-state index in [1.54, 1.807) is 7.11 Å². The summed E-state index contributed by atoms with van der Waals surface area (Å²) in [6, 6.07) is -0.135. The van der Waals surface area contributed by atoms with Crippen LogP contribution in [0.3, 0.4) is 0 Å². The zero-order valence-electron chi connectivity index (χ0n) is 11.9. The summed E-state index contributed by atoms with van der Waals surface area (Å²) in [5.74, 6) is 1.11. The number of methoxy groups -OCH3 is 1. The minimum absolute atomic E-state index is 0.135. The van der Waals surface area contributed by atoms with Crippen LogP contribution >= 0.6 is 0 Å². The average molecular weight is 283 g/mol. The quantitative estimate of drug-likeness (QED) is 0.854. The fraction of sp³-hybridized carbons (Fsp3) is 0.846. The van der Waals surface area contributed by atoms with Crippen LogP contribution < -0.4 is 5.73 Å². The molecule has 2 N–H and O–H groups in total. The molecule has 0 amide bonds. The molecule has 20 heavy (non-hydrogen) atoms. The Hall–Kier alpha value is -1.02. The fourth-order valence-electron chi connectivity index (χ4n) is 2.77. The summed E-state index contributed by atoms with van der Waals surface area (Å²) < 4.78 is 21.9. The predicted octanol–water partition coefficient (Wildman–Crippen LogP) is 0.337. The Labute approximate surface area is 117 Å². The molecule has 3 heterocycles. The number of ether oxygens (including phenoxy) is 3. The van der Waals surface area contributed by atoms with Gasteiger partial charge in [-0.05, 0) is 6.92 Å². The molecular formula is C13H21N3O4. The third-order valence-electron chi connectivity index (χ3n) is 4.53. The molecule has 7 nitrogen and oxygen atoms in total. The Bertz CT molecular complexity index is 472. The molecule has 0 aliphatic carbocycles. The molecule has 0 spiro atoms. The van der Waals surface area contributed by atoms with Crippen LogP contribution in [0.25, 0.3) is 0 Å². The van der Waals surface area contributed by atoms with E-state index in [1.807, 2.05) is 6.92 Å². The van der Waals surface area contributed by atoms with Crippen LogP contribution in [0.4, 0.5) is 0 Å². The van der Waals surface area contributed by atoms with Crippen molar-refractivity contribution in [3.8, 4) is 0 Å². The molecule has 2 aliphatic heterocycles. The lowest BCUT2D eigenvalue weighted by Crippen LogP contribution is -2.42. The van der Waals surface area contributed by atoms with Crippen LogP contribution in [-0.2, 0) is 25.2 Å².